The van der Waals surface area contributed by atoms with Gasteiger partial charge in [0.15, 0.2) is 0 Å². The molecule has 0 radical (unpaired) electrons. The van der Waals surface area contributed by atoms with Gasteiger partial charge in [0.25, 0.3) is 5.56 Å². The SMILES string of the molecule is Cc1[nH]c(=O)[nH]c(=O)c1CCC(=O)NCC(C(C)C)N1CCOCC1. The van der Waals surface area contributed by atoms with Crippen LogP contribution in [-0.4, -0.2) is 59.7 Å². The molecule has 3 N–H and O–H groups in total. The quantitative estimate of drug-likeness (QED) is 0.629. The maximum Gasteiger partial charge on any atom is 0.325 e. The molecule has 1 saturated heterocycles. The van der Waals surface area contributed by atoms with Gasteiger partial charge in [-0.1, -0.05) is 13.8 Å². The van der Waals surface area contributed by atoms with E-state index >= 15 is 0 Å². The molecule has 0 aliphatic carbocycles. The monoisotopic (exact) mass is 352 g/mol. The van der Waals surface area contributed by atoms with Gasteiger partial charge in [0.2, 0.25) is 5.91 Å². The highest BCUT2D eigenvalue weighted by Crippen LogP contribution is 2.12. The van der Waals surface area contributed by atoms with Crippen LogP contribution in [0, 0.1) is 12.8 Å². The summed E-state index contributed by atoms with van der Waals surface area (Å²) in [4.78, 5) is 42.3. The number of aryl methyl sites for hydroxylation is 1. The van der Waals surface area contributed by atoms with Gasteiger partial charge in [-0.05, 0) is 19.3 Å². The fourth-order valence-electron chi connectivity index (χ4n) is 3.17. The normalized spacial score (nSPS) is 16.8. The van der Waals surface area contributed by atoms with E-state index in [4.69, 9.17) is 4.74 Å². The number of hydrogen-bond donors (Lipinski definition) is 3. The van der Waals surface area contributed by atoms with Gasteiger partial charge in [0, 0.05) is 43.4 Å². The average Bonchev–Trinajstić information content (AvgIpc) is 2.54. The van der Waals surface area contributed by atoms with E-state index in [0.717, 1.165) is 26.3 Å². The van der Waals surface area contributed by atoms with Crippen LogP contribution in [0.5, 0.6) is 0 Å². The molecule has 0 spiro atoms. The highest BCUT2D eigenvalue weighted by molar-refractivity contribution is 5.76. The first-order valence-electron chi connectivity index (χ1n) is 8.79. The summed E-state index contributed by atoms with van der Waals surface area (Å²) in [6.07, 6.45) is 0.511. The predicted molar refractivity (Wildman–Crippen MR) is 94.8 cm³/mol. The van der Waals surface area contributed by atoms with Gasteiger partial charge in [-0.3, -0.25) is 19.5 Å². The fourth-order valence-corrected chi connectivity index (χ4v) is 3.17. The fraction of sp³-hybridized carbons (Fsp3) is 0.706. The lowest BCUT2D eigenvalue weighted by molar-refractivity contribution is -0.121. The van der Waals surface area contributed by atoms with Crippen molar-refractivity contribution in [2.75, 3.05) is 32.8 Å². The Labute approximate surface area is 147 Å². The molecule has 1 aromatic heterocycles. The van der Waals surface area contributed by atoms with E-state index in [2.05, 4.69) is 34.0 Å². The number of rotatable bonds is 7. The first-order chi connectivity index (χ1) is 11.9. The van der Waals surface area contributed by atoms with Gasteiger partial charge in [-0.2, -0.15) is 0 Å². The number of hydrogen-bond acceptors (Lipinski definition) is 5. The molecule has 1 amide bonds. The van der Waals surface area contributed by atoms with Crippen molar-refractivity contribution in [2.24, 2.45) is 5.92 Å². The maximum absolute atomic E-state index is 12.2. The number of H-pyrrole nitrogens is 2. The Hall–Kier alpha value is -1.93. The Morgan fingerprint density at radius 1 is 1.24 bits per heavy atom. The molecule has 1 aliphatic heterocycles. The molecule has 2 heterocycles. The van der Waals surface area contributed by atoms with Crippen LogP contribution in [0.15, 0.2) is 9.59 Å². The summed E-state index contributed by atoms with van der Waals surface area (Å²) in [5.41, 5.74) is 0.00155. The number of aromatic amines is 2. The van der Waals surface area contributed by atoms with E-state index in [1.54, 1.807) is 6.92 Å². The minimum Gasteiger partial charge on any atom is -0.379 e. The standard InChI is InChI=1S/C17H28N4O4/c1-11(2)14(21-6-8-25-9-7-21)10-18-15(22)5-4-13-12(3)19-17(24)20-16(13)23/h11,14H,4-10H2,1-3H3,(H,18,22)(H2,19,20,23,24). The molecule has 1 fully saturated rings. The van der Waals surface area contributed by atoms with E-state index in [-0.39, 0.29) is 18.4 Å². The third-order valence-corrected chi connectivity index (χ3v) is 4.65. The number of carbonyl (C=O) groups is 1. The Kier molecular flexibility index (Phi) is 6.95. The number of ether oxygens (including phenoxy) is 1. The van der Waals surface area contributed by atoms with E-state index in [1.165, 1.54) is 0 Å². The summed E-state index contributed by atoms with van der Waals surface area (Å²) in [7, 11) is 0. The van der Waals surface area contributed by atoms with Crippen molar-refractivity contribution < 1.29 is 9.53 Å². The van der Waals surface area contributed by atoms with Crippen molar-refractivity contribution >= 4 is 5.91 Å². The third-order valence-electron chi connectivity index (χ3n) is 4.65. The van der Waals surface area contributed by atoms with Crippen LogP contribution in [0.2, 0.25) is 0 Å². The van der Waals surface area contributed by atoms with Crippen LogP contribution < -0.4 is 16.6 Å². The minimum absolute atomic E-state index is 0.0936. The predicted octanol–water partition coefficient (Wildman–Crippen LogP) is -0.223. The van der Waals surface area contributed by atoms with Crippen molar-refractivity contribution in [3.05, 3.63) is 32.1 Å². The molecule has 2 rings (SSSR count). The molecule has 1 unspecified atom stereocenters. The van der Waals surface area contributed by atoms with Gasteiger partial charge in [0.05, 0.1) is 13.2 Å². The lowest BCUT2D eigenvalue weighted by atomic mass is 10.0. The van der Waals surface area contributed by atoms with Crippen molar-refractivity contribution in [1.82, 2.24) is 20.2 Å². The van der Waals surface area contributed by atoms with Gasteiger partial charge in [-0.25, -0.2) is 4.79 Å². The smallest absolute Gasteiger partial charge is 0.325 e. The molecule has 140 valence electrons. The van der Waals surface area contributed by atoms with Crippen molar-refractivity contribution in [3.8, 4) is 0 Å². The third kappa shape index (κ3) is 5.54. The number of nitrogens with zero attached hydrogens (tertiary/aromatic N) is 1. The molecule has 25 heavy (non-hydrogen) atoms. The second kappa shape index (κ2) is 8.96. The summed E-state index contributed by atoms with van der Waals surface area (Å²) in [6.45, 7) is 9.76. The Morgan fingerprint density at radius 3 is 2.52 bits per heavy atom. The first kappa shape index (κ1) is 19.4. The second-order valence-corrected chi connectivity index (χ2v) is 6.78. The number of morpholine rings is 1. The molecule has 1 aliphatic rings. The molecule has 8 heteroatoms. The van der Waals surface area contributed by atoms with E-state index in [1.807, 2.05) is 0 Å². The summed E-state index contributed by atoms with van der Waals surface area (Å²) < 4.78 is 5.39. The Balaban J connectivity index is 1.87. The minimum atomic E-state index is -0.527. The lowest BCUT2D eigenvalue weighted by Gasteiger charge is -2.36. The molecule has 8 nitrogen and oxygen atoms in total. The van der Waals surface area contributed by atoms with Crippen molar-refractivity contribution in [1.29, 1.82) is 0 Å². The van der Waals surface area contributed by atoms with Gasteiger partial charge in [0.1, 0.15) is 0 Å². The number of carbonyl (C=O) groups excluding carboxylic acids is 1. The maximum atomic E-state index is 12.2. The number of nitrogens with one attached hydrogen (secondary N) is 3. The molecule has 0 aromatic carbocycles. The van der Waals surface area contributed by atoms with Crippen LogP contribution in [0.25, 0.3) is 0 Å². The summed E-state index contributed by atoms with van der Waals surface area (Å²) in [5, 5.41) is 2.98. The molecule has 1 aromatic rings. The second-order valence-electron chi connectivity index (χ2n) is 6.78. The zero-order chi connectivity index (χ0) is 18.4. The summed E-state index contributed by atoms with van der Waals surface area (Å²) in [5.74, 6) is 0.326. The highest BCUT2D eigenvalue weighted by atomic mass is 16.5. The molecule has 1 atom stereocenters. The Morgan fingerprint density at radius 2 is 1.92 bits per heavy atom. The highest BCUT2D eigenvalue weighted by Gasteiger charge is 2.24. The number of amides is 1. The van der Waals surface area contributed by atoms with Gasteiger partial charge in [-0.15, -0.1) is 0 Å². The topological polar surface area (TPSA) is 107 Å². The molecule has 0 bridgehead atoms. The average molecular weight is 352 g/mol. The van der Waals surface area contributed by atoms with E-state index in [9.17, 15) is 14.4 Å². The van der Waals surface area contributed by atoms with Crippen LogP contribution in [0.3, 0.4) is 0 Å². The van der Waals surface area contributed by atoms with Gasteiger partial charge >= 0.3 is 5.69 Å². The van der Waals surface area contributed by atoms with Crippen molar-refractivity contribution in [2.45, 2.75) is 39.7 Å². The van der Waals surface area contributed by atoms with Crippen molar-refractivity contribution in [3.63, 3.8) is 0 Å². The molecular weight excluding hydrogens is 324 g/mol. The first-order valence-corrected chi connectivity index (χ1v) is 8.79. The van der Waals surface area contributed by atoms with Crippen LogP contribution in [0.1, 0.15) is 31.5 Å². The zero-order valence-electron chi connectivity index (χ0n) is 15.2. The molecular formula is C17H28N4O4. The summed E-state index contributed by atoms with van der Waals surface area (Å²) in [6, 6.07) is 0.270. The van der Waals surface area contributed by atoms with E-state index in [0.29, 0.717) is 30.1 Å². The summed E-state index contributed by atoms with van der Waals surface area (Å²) >= 11 is 0. The lowest BCUT2D eigenvalue weighted by Crippen LogP contribution is -2.51. The van der Waals surface area contributed by atoms with Crippen LogP contribution >= 0.6 is 0 Å². The number of aromatic nitrogens is 2. The van der Waals surface area contributed by atoms with Crippen LogP contribution in [-0.2, 0) is 16.0 Å². The van der Waals surface area contributed by atoms with E-state index < -0.39 is 11.2 Å². The molecule has 0 saturated carbocycles. The van der Waals surface area contributed by atoms with Crippen LogP contribution in [0.4, 0.5) is 0 Å². The van der Waals surface area contributed by atoms with Gasteiger partial charge < -0.3 is 15.0 Å². The zero-order valence-corrected chi connectivity index (χ0v) is 15.2. The Bertz CT molecular complexity index is 689. The largest absolute Gasteiger partial charge is 0.379 e.